The van der Waals surface area contributed by atoms with Crippen LogP contribution in [0.1, 0.15) is 16.7 Å². The van der Waals surface area contributed by atoms with Gasteiger partial charge in [0.25, 0.3) is 5.56 Å². The van der Waals surface area contributed by atoms with Crippen molar-refractivity contribution < 1.29 is 13.2 Å². The highest BCUT2D eigenvalue weighted by Crippen LogP contribution is 2.21. The number of hydrogen-bond acceptors (Lipinski definition) is 4. The third kappa shape index (κ3) is 3.63. The van der Waals surface area contributed by atoms with Crippen LogP contribution in [0.15, 0.2) is 52.2 Å². The summed E-state index contributed by atoms with van der Waals surface area (Å²) in [5.41, 5.74) is 2.63. The van der Waals surface area contributed by atoms with E-state index in [2.05, 4.69) is 9.71 Å². The highest BCUT2D eigenvalue weighted by Gasteiger charge is 2.17. The maximum Gasteiger partial charge on any atom is 0.251 e. The average Bonchev–Trinajstić information content (AvgIpc) is 2.60. The molecule has 0 bridgehead atoms. The molecule has 3 aromatic rings. The first kappa shape index (κ1) is 18.2. The van der Waals surface area contributed by atoms with Crippen molar-refractivity contribution in [2.75, 3.05) is 7.11 Å². The van der Waals surface area contributed by atoms with Gasteiger partial charge in [0.2, 0.25) is 10.0 Å². The Morgan fingerprint density at radius 3 is 2.50 bits per heavy atom. The number of H-pyrrole nitrogens is 1. The standard InChI is InChI=1S/C19H20N2O4S/c1-12-9-16(25-3)5-7-18(12)26(23,24)20-11-14-4-6-17-15(10-14)8-13(2)19(22)21-17/h4-10,20H,11H2,1-3H3,(H,21,22). The number of aromatic amines is 1. The molecule has 0 unspecified atom stereocenters. The Hall–Kier alpha value is -2.64. The van der Waals surface area contributed by atoms with Gasteiger partial charge in [-0.3, -0.25) is 4.79 Å². The van der Waals surface area contributed by atoms with Gasteiger partial charge >= 0.3 is 0 Å². The fourth-order valence-electron chi connectivity index (χ4n) is 2.78. The Bertz CT molecular complexity index is 1130. The monoisotopic (exact) mass is 372 g/mol. The van der Waals surface area contributed by atoms with Crippen LogP contribution in [-0.2, 0) is 16.6 Å². The second kappa shape index (κ2) is 6.93. The van der Waals surface area contributed by atoms with Gasteiger partial charge in [-0.15, -0.1) is 0 Å². The second-order valence-electron chi connectivity index (χ2n) is 6.16. The quantitative estimate of drug-likeness (QED) is 0.721. The van der Waals surface area contributed by atoms with Gasteiger partial charge in [0, 0.05) is 17.6 Å². The Labute approximate surface area is 151 Å². The Morgan fingerprint density at radius 2 is 1.81 bits per heavy atom. The van der Waals surface area contributed by atoms with Crippen molar-refractivity contribution in [3.63, 3.8) is 0 Å². The number of sulfonamides is 1. The minimum atomic E-state index is -3.65. The molecular formula is C19H20N2O4S. The molecule has 3 rings (SSSR count). The number of hydrogen-bond donors (Lipinski definition) is 2. The molecule has 0 aliphatic heterocycles. The third-order valence-corrected chi connectivity index (χ3v) is 5.79. The van der Waals surface area contributed by atoms with Crippen molar-refractivity contribution in [1.82, 2.24) is 9.71 Å². The molecule has 1 aromatic heterocycles. The lowest BCUT2D eigenvalue weighted by molar-refractivity contribution is 0.414. The Balaban J connectivity index is 1.84. The maximum absolute atomic E-state index is 12.6. The highest BCUT2D eigenvalue weighted by atomic mass is 32.2. The van der Waals surface area contributed by atoms with Gasteiger partial charge < -0.3 is 9.72 Å². The lowest BCUT2D eigenvalue weighted by Crippen LogP contribution is -2.24. The number of pyridine rings is 1. The zero-order valence-corrected chi connectivity index (χ0v) is 15.6. The SMILES string of the molecule is COc1ccc(S(=O)(=O)NCc2ccc3[nH]c(=O)c(C)cc3c2)c(C)c1. The molecule has 0 atom stereocenters. The summed E-state index contributed by atoms with van der Waals surface area (Å²) >= 11 is 0. The molecule has 0 spiro atoms. The lowest BCUT2D eigenvalue weighted by atomic mass is 10.1. The number of rotatable bonds is 5. The van der Waals surface area contributed by atoms with Crippen molar-refractivity contribution in [2.45, 2.75) is 25.3 Å². The van der Waals surface area contributed by atoms with E-state index in [9.17, 15) is 13.2 Å². The number of ether oxygens (including phenoxy) is 1. The molecule has 0 aliphatic carbocycles. The minimum absolute atomic E-state index is 0.124. The number of benzene rings is 2. The summed E-state index contributed by atoms with van der Waals surface area (Å²) in [5.74, 6) is 0.611. The molecule has 6 nitrogen and oxygen atoms in total. The van der Waals surface area contributed by atoms with E-state index in [4.69, 9.17) is 4.74 Å². The predicted molar refractivity (Wildman–Crippen MR) is 101 cm³/mol. The number of aryl methyl sites for hydroxylation is 2. The van der Waals surface area contributed by atoms with Crippen LogP contribution >= 0.6 is 0 Å². The second-order valence-corrected chi connectivity index (χ2v) is 7.89. The predicted octanol–water partition coefficient (Wildman–Crippen LogP) is 2.63. The normalized spacial score (nSPS) is 11.7. The van der Waals surface area contributed by atoms with Gasteiger partial charge in [0.1, 0.15) is 5.75 Å². The zero-order valence-electron chi connectivity index (χ0n) is 14.8. The van der Waals surface area contributed by atoms with Crippen molar-refractivity contribution in [2.24, 2.45) is 0 Å². The summed E-state index contributed by atoms with van der Waals surface area (Å²) < 4.78 is 32.9. The van der Waals surface area contributed by atoms with Crippen LogP contribution in [0.2, 0.25) is 0 Å². The van der Waals surface area contributed by atoms with E-state index in [-0.39, 0.29) is 17.0 Å². The van der Waals surface area contributed by atoms with Crippen molar-refractivity contribution in [3.8, 4) is 5.75 Å². The number of nitrogens with one attached hydrogen (secondary N) is 2. The summed E-state index contributed by atoms with van der Waals surface area (Å²) in [5, 5.41) is 0.861. The van der Waals surface area contributed by atoms with Crippen LogP contribution in [-0.4, -0.2) is 20.5 Å². The van der Waals surface area contributed by atoms with E-state index in [1.165, 1.54) is 13.2 Å². The van der Waals surface area contributed by atoms with Crippen molar-refractivity contribution in [1.29, 1.82) is 0 Å². The average molecular weight is 372 g/mol. The van der Waals surface area contributed by atoms with Crippen LogP contribution in [0, 0.1) is 13.8 Å². The van der Waals surface area contributed by atoms with E-state index in [1.807, 2.05) is 6.07 Å². The van der Waals surface area contributed by atoms with Crippen molar-refractivity contribution in [3.05, 3.63) is 69.5 Å². The van der Waals surface area contributed by atoms with Crippen LogP contribution in [0.25, 0.3) is 10.9 Å². The number of methoxy groups -OCH3 is 1. The zero-order chi connectivity index (χ0) is 18.9. The molecule has 0 saturated carbocycles. The minimum Gasteiger partial charge on any atom is -0.497 e. The summed E-state index contributed by atoms with van der Waals surface area (Å²) in [6.07, 6.45) is 0. The van der Waals surface area contributed by atoms with E-state index in [1.54, 1.807) is 44.2 Å². The highest BCUT2D eigenvalue weighted by molar-refractivity contribution is 7.89. The van der Waals surface area contributed by atoms with Gasteiger partial charge in [-0.2, -0.15) is 0 Å². The molecule has 0 aliphatic rings. The van der Waals surface area contributed by atoms with Crippen LogP contribution in [0.4, 0.5) is 0 Å². The molecule has 0 saturated heterocycles. The first-order valence-corrected chi connectivity index (χ1v) is 9.55. The molecule has 1 heterocycles. The fourth-order valence-corrected chi connectivity index (χ4v) is 4.02. The largest absolute Gasteiger partial charge is 0.497 e. The molecule has 26 heavy (non-hydrogen) atoms. The van der Waals surface area contributed by atoms with E-state index in [0.29, 0.717) is 16.9 Å². The summed E-state index contributed by atoms with van der Waals surface area (Å²) in [7, 11) is -2.11. The topological polar surface area (TPSA) is 88.3 Å². The van der Waals surface area contributed by atoms with E-state index in [0.717, 1.165) is 16.5 Å². The van der Waals surface area contributed by atoms with E-state index < -0.39 is 10.0 Å². The fraction of sp³-hybridized carbons (Fsp3) is 0.211. The van der Waals surface area contributed by atoms with Crippen molar-refractivity contribution >= 4 is 20.9 Å². The summed E-state index contributed by atoms with van der Waals surface area (Å²) in [6, 6.07) is 12.1. The first-order chi connectivity index (χ1) is 12.3. The Kier molecular flexibility index (Phi) is 4.84. The summed E-state index contributed by atoms with van der Waals surface area (Å²) in [4.78, 5) is 14.7. The Morgan fingerprint density at radius 1 is 1.04 bits per heavy atom. The number of fused-ring (bicyclic) bond motifs is 1. The summed E-state index contributed by atoms with van der Waals surface area (Å²) in [6.45, 7) is 3.62. The van der Waals surface area contributed by atoms with Crippen LogP contribution < -0.4 is 15.0 Å². The molecule has 2 aromatic carbocycles. The van der Waals surface area contributed by atoms with Gasteiger partial charge in [-0.05, 0) is 66.8 Å². The molecular weight excluding hydrogens is 352 g/mol. The molecule has 0 fully saturated rings. The van der Waals surface area contributed by atoms with Gasteiger partial charge in [0.05, 0.1) is 12.0 Å². The smallest absolute Gasteiger partial charge is 0.251 e. The van der Waals surface area contributed by atoms with E-state index >= 15 is 0 Å². The molecule has 0 amide bonds. The van der Waals surface area contributed by atoms with Crippen LogP contribution in [0.5, 0.6) is 5.75 Å². The molecule has 136 valence electrons. The van der Waals surface area contributed by atoms with Gasteiger partial charge in [0.15, 0.2) is 0 Å². The lowest BCUT2D eigenvalue weighted by Gasteiger charge is -2.11. The third-order valence-electron chi connectivity index (χ3n) is 4.23. The van der Waals surface area contributed by atoms with Gasteiger partial charge in [-0.1, -0.05) is 6.07 Å². The van der Waals surface area contributed by atoms with Crippen LogP contribution in [0.3, 0.4) is 0 Å². The number of aromatic nitrogens is 1. The molecule has 0 radical (unpaired) electrons. The van der Waals surface area contributed by atoms with Gasteiger partial charge in [-0.25, -0.2) is 13.1 Å². The first-order valence-electron chi connectivity index (χ1n) is 8.07. The molecule has 2 N–H and O–H groups in total. The maximum atomic E-state index is 12.6. The molecule has 7 heteroatoms.